The zero-order chi connectivity index (χ0) is 14.7. The Kier molecular flexibility index (Phi) is 4.54. The lowest BCUT2D eigenvalue weighted by Crippen LogP contribution is -2.23. The number of hydrogen-bond donors (Lipinski definition) is 1. The largest absolute Gasteiger partial charge is 0.481 e. The predicted molar refractivity (Wildman–Crippen MR) is 68.6 cm³/mol. The average Bonchev–Trinajstić information content (AvgIpc) is 2.72. The van der Waals surface area contributed by atoms with E-state index in [2.05, 4.69) is 9.64 Å². The topological polar surface area (TPSA) is 49.8 Å². The van der Waals surface area contributed by atoms with Crippen molar-refractivity contribution in [3.63, 3.8) is 0 Å². The fourth-order valence-electron chi connectivity index (χ4n) is 2.55. The van der Waals surface area contributed by atoms with Gasteiger partial charge in [-0.25, -0.2) is 0 Å². The molecule has 2 unspecified atom stereocenters. The van der Waals surface area contributed by atoms with Gasteiger partial charge >= 0.3 is 12.6 Å². The van der Waals surface area contributed by atoms with Crippen LogP contribution in [0.5, 0.6) is 5.75 Å². The lowest BCUT2D eigenvalue weighted by atomic mass is 9.99. The Labute approximate surface area is 116 Å². The van der Waals surface area contributed by atoms with Crippen LogP contribution in [-0.4, -0.2) is 35.7 Å². The van der Waals surface area contributed by atoms with Gasteiger partial charge < -0.3 is 9.84 Å². The molecule has 1 N–H and O–H groups in total. The van der Waals surface area contributed by atoms with Gasteiger partial charge in [-0.15, -0.1) is 0 Å². The maximum Gasteiger partial charge on any atom is 0.387 e. The average molecular weight is 285 g/mol. The van der Waals surface area contributed by atoms with Gasteiger partial charge in [0, 0.05) is 19.6 Å². The van der Waals surface area contributed by atoms with Crippen LogP contribution in [0.15, 0.2) is 24.3 Å². The van der Waals surface area contributed by atoms with Gasteiger partial charge in [0.15, 0.2) is 0 Å². The molecule has 1 aliphatic heterocycles. The molecule has 0 spiro atoms. The number of halogens is 2. The lowest BCUT2D eigenvalue weighted by Gasteiger charge is -2.15. The lowest BCUT2D eigenvalue weighted by molar-refractivity contribution is -0.142. The van der Waals surface area contributed by atoms with E-state index in [0.717, 1.165) is 12.1 Å². The minimum atomic E-state index is -2.82. The standard InChI is InChI=1S/C14H17F2NO3/c1-9-6-17(8-12(9)13(18)19)7-10-2-4-11(5-3-10)20-14(15)16/h2-5,9,12,14H,6-8H2,1H3,(H,18,19). The van der Waals surface area contributed by atoms with Crippen molar-refractivity contribution in [1.29, 1.82) is 0 Å². The van der Waals surface area contributed by atoms with Crippen molar-refractivity contribution < 1.29 is 23.4 Å². The highest BCUT2D eigenvalue weighted by Gasteiger charge is 2.34. The summed E-state index contributed by atoms with van der Waals surface area (Å²) in [4.78, 5) is 13.1. The van der Waals surface area contributed by atoms with Crippen LogP contribution in [0.4, 0.5) is 8.78 Å². The van der Waals surface area contributed by atoms with Gasteiger partial charge in [-0.2, -0.15) is 8.78 Å². The number of likely N-dealkylation sites (tertiary alicyclic amines) is 1. The number of alkyl halides is 2. The van der Waals surface area contributed by atoms with E-state index >= 15 is 0 Å². The first-order chi connectivity index (χ1) is 9.45. The van der Waals surface area contributed by atoms with E-state index in [1.54, 1.807) is 12.1 Å². The van der Waals surface area contributed by atoms with E-state index in [9.17, 15) is 13.6 Å². The molecule has 0 aliphatic carbocycles. The Morgan fingerprint density at radius 1 is 1.40 bits per heavy atom. The molecule has 0 saturated carbocycles. The minimum Gasteiger partial charge on any atom is -0.481 e. The molecule has 1 aliphatic rings. The van der Waals surface area contributed by atoms with E-state index in [1.807, 2.05) is 6.92 Å². The molecule has 6 heteroatoms. The third kappa shape index (κ3) is 3.66. The van der Waals surface area contributed by atoms with Crippen LogP contribution in [0.3, 0.4) is 0 Å². The second-order valence-electron chi connectivity index (χ2n) is 5.14. The number of aliphatic carboxylic acids is 1. The van der Waals surface area contributed by atoms with E-state index < -0.39 is 12.6 Å². The predicted octanol–water partition coefficient (Wildman–Crippen LogP) is 2.44. The Morgan fingerprint density at radius 2 is 2.05 bits per heavy atom. The quantitative estimate of drug-likeness (QED) is 0.902. The molecule has 0 radical (unpaired) electrons. The number of carboxylic acids is 1. The van der Waals surface area contributed by atoms with Crippen molar-refractivity contribution in [3.05, 3.63) is 29.8 Å². The zero-order valence-electron chi connectivity index (χ0n) is 11.1. The Balaban J connectivity index is 1.92. The van der Waals surface area contributed by atoms with Crippen LogP contribution >= 0.6 is 0 Å². The van der Waals surface area contributed by atoms with Crippen LogP contribution in [0, 0.1) is 11.8 Å². The minimum absolute atomic E-state index is 0.119. The highest BCUT2D eigenvalue weighted by Crippen LogP contribution is 2.25. The number of benzene rings is 1. The first-order valence-electron chi connectivity index (χ1n) is 6.44. The van der Waals surface area contributed by atoms with E-state index in [-0.39, 0.29) is 17.6 Å². The van der Waals surface area contributed by atoms with Gasteiger partial charge in [-0.1, -0.05) is 19.1 Å². The van der Waals surface area contributed by atoms with Crippen molar-refractivity contribution in [2.45, 2.75) is 20.1 Å². The summed E-state index contributed by atoms with van der Waals surface area (Å²) in [5.74, 6) is -0.854. The Hall–Kier alpha value is -1.69. The maximum absolute atomic E-state index is 12.0. The van der Waals surface area contributed by atoms with Crippen LogP contribution in [0.2, 0.25) is 0 Å². The van der Waals surface area contributed by atoms with Crippen LogP contribution < -0.4 is 4.74 Å². The van der Waals surface area contributed by atoms with Gasteiger partial charge in [-0.05, 0) is 23.6 Å². The van der Waals surface area contributed by atoms with E-state index in [1.165, 1.54) is 12.1 Å². The van der Waals surface area contributed by atoms with Gasteiger partial charge in [-0.3, -0.25) is 9.69 Å². The molecule has 1 heterocycles. The summed E-state index contributed by atoms with van der Waals surface area (Å²) in [6.45, 7) is 0.969. The monoisotopic (exact) mass is 285 g/mol. The van der Waals surface area contributed by atoms with Crippen LogP contribution in [-0.2, 0) is 11.3 Å². The summed E-state index contributed by atoms with van der Waals surface area (Å²) in [5.41, 5.74) is 0.949. The molecule has 0 aromatic heterocycles. The molecule has 110 valence electrons. The number of carboxylic acid groups (broad SMARTS) is 1. The first-order valence-corrected chi connectivity index (χ1v) is 6.44. The van der Waals surface area contributed by atoms with Crippen molar-refractivity contribution in [3.8, 4) is 5.75 Å². The van der Waals surface area contributed by atoms with Crippen LogP contribution in [0.25, 0.3) is 0 Å². The summed E-state index contributed by atoms with van der Waals surface area (Å²) in [7, 11) is 0. The smallest absolute Gasteiger partial charge is 0.387 e. The molecule has 1 saturated heterocycles. The summed E-state index contributed by atoms with van der Waals surface area (Å²) in [6.07, 6.45) is 0. The normalized spacial score (nSPS) is 23.2. The molecule has 4 nitrogen and oxygen atoms in total. The van der Waals surface area contributed by atoms with Crippen LogP contribution in [0.1, 0.15) is 12.5 Å². The number of ether oxygens (including phenoxy) is 1. The molecule has 1 aromatic carbocycles. The van der Waals surface area contributed by atoms with E-state index in [4.69, 9.17) is 5.11 Å². The van der Waals surface area contributed by atoms with Gasteiger partial charge in [0.05, 0.1) is 5.92 Å². The fraction of sp³-hybridized carbons (Fsp3) is 0.500. The fourth-order valence-corrected chi connectivity index (χ4v) is 2.55. The molecule has 20 heavy (non-hydrogen) atoms. The SMILES string of the molecule is CC1CN(Cc2ccc(OC(F)F)cc2)CC1C(=O)O. The molecule has 2 atom stereocenters. The maximum atomic E-state index is 12.0. The van der Waals surface area contributed by atoms with Crippen molar-refractivity contribution >= 4 is 5.97 Å². The summed E-state index contributed by atoms with van der Waals surface area (Å²) >= 11 is 0. The Bertz CT molecular complexity index is 464. The number of nitrogens with zero attached hydrogens (tertiary/aromatic N) is 1. The molecule has 1 fully saturated rings. The molecule has 0 bridgehead atoms. The second kappa shape index (κ2) is 6.17. The molecule has 1 aromatic rings. The highest BCUT2D eigenvalue weighted by atomic mass is 19.3. The first kappa shape index (κ1) is 14.7. The second-order valence-corrected chi connectivity index (χ2v) is 5.14. The zero-order valence-corrected chi connectivity index (χ0v) is 11.1. The number of rotatable bonds is 5. The molecular weight excluding hydrogens is 268 g/mol. The molecular formula is C14H17F2NO3. The van der Waals surface area contributed by atoms with Crippen molar-refractivity contribution in [1.82, 2.24) is 4.90 Å². The molecule has 2 rings (SSSR count). The number of hydrogen-bond acceptors (Lipinski definition) is 3. The summed E-state index contributed by atoms with van der Waals surface area (Å²) < 4.78 is 28.3. The van der Waals surface area contributed by atoms with Gasteiger partial charge in [0.25, 0.3) is 0 Å². The number of carbonyl (C=O) groups is 1. The van der Waals surface area contributed by atoms with Gasteiger partial charge in [0.2, 0.25) is 0 Å². The third-order valence-electron chi connectivity index (χ3n) is 3.56. The summed E-state index contributed by atoms with van der Waals surface area (Å²) in [5, 5.41) is 9.07. The van der Waals surface area contributed by atoms with E-state index in [0.29, 0.717) is 13.1 Å². The molecule has 0 amide bonds. The van der Waals surface area contributed by atoms with Crippen molar-refractivity contribution in [2.24, 2.45) is 11.8 Å². The van der Waals surface area contributed by atoms with Crippen molar-refractivity contribution in [2.75, 3.05) is 13.1 Å². The Morgan fingerprint density at radius 3 is 2.55 bits per heavy atom. The summed E-state index contributed by atoms with van der Waals surface area (Å²) in [6, 6.07) is 6.43. The van der Waals surface area contributed by atoms with Gasteiger partial charge in [0.1, 0.15) is 5.75 Å². The third-order valence-corrected chi connectivity index (χ3v) is 3.56. The highest BCUT2D eigenvalue weighted by molar-refractivity contribution is 5.71.